The van der Waals surface area contributed by atoms with E-state index in [0.29, 0.717) is 29.7 Å². The van der Waals surface area contributed by atoms with Gasteiger partial charge in [-0.25, -0.2) is 0 Å². The zero-order chi connectivity index (χ0) is 16.9. The summed E-state index contributed by atoms with van der Waals surface area (Å²) in [5, 5.41) is 3.45. The van der Waals surface area contributed by atoms with Gasteiger partial charge in [0.25, 0.3) is 0 Å². The fourth-order valence-corrected chi connectivity index (χ4v) is 2.89. The molecule has 1 unspecified atom stereocenters. The topological polar surface area (TPSA) is 60.5 Å². The molecule has 0 saturated carbocycles. The minimum Gasteiger partial charge on any atom is -0.489 e. The normalized spacial score (nSPS) is 14.6. The Hall–Kier alpha value is -2.27. The number of nitrogens with one attached hydrogen (secondary N) is 1. The maximum Gasteiger partial charge on any atom is 0.224 e. The van der Waals surface area contributed by atoms with Crippen LogP contribution in [-0.2, 0) is 11.2 Å². The fraction of sp³-hybridized carbons (Fsp3) is 0.333. The lowest BCUT2D eigenvalue weighted by Crippen LogP contribution is -2.28. The van der Waals surface area contributed by atoms with Gasteiger partial charge in [-0.1, -0.05) is 11.6 Å². The lowest BCUT2D eigenvalue weighted by Gasteiger charge is -2.15. The third-order valence-electron chi connectivity index (χ3n) is 3.81. The Labute approximate surface area is 145 Å². The van der Waals surface area contributed by atoms with Crippen LogP contribution in [-0.4, -0.2) is 24.1 Å². The summed E-state index contributed by atoms with van der Waals surface area (Å²) in [4.78, 5) is 16.3. The molecule has 1 atom stereocenters. The smallest absolute Gasteiger partial charge is 0.224 e. The van der Waals surface area contributed by atoms with Crippen molar-refractivity contribution in [2.24, 2.45) is 0 Å². The van der Waals surface area contributed by atoms with E-state index >= 15 is 0 Å². The lowest BCUT2D eigenvalue weighted by molar-refractivity contribution is -0.121. The van der Waals surface area contributed by atoms with E-state index in [-0.39, 0.29) is 18.4 Å². The van der Waals surface area contributed by atoms with Crippen LogP contribution < -0.4 is 14.8 Å². The van der Waals surface area contributed by atoms with E-state index in [0.717, 1.165) is 17.5 Å². The van der Waals surface area contributed by atoms with Crippen LogP contribution in [0.25, 0.3) is 0 Å². The average molecular weight is 347 g/mol. The number of halogens is 1. The minimum atomic E-state index is -0.0867. The van der Waals surface area contributed by atoms with Gasteiger partial charge in [-0.05, 0) is 42.3 Å². The molecule has 0 spiro atoms. The monoisotopic (exact) mass is 346 g/mol. The van der Waals surface area contributed by atoms with Crippen molar-refractivity contribution in [3.8, 4) is 11.5 Å². The molecule has 0 bridgehead atoms. The predicted molar refractivity (Wildman–Crippen MR) is 91.6 cm³/mol. The highest BCUT2D eigenvalue weighted by Gasteiger charge is 2.17. The molecule has 6 heteroatoms. The molecular formula is C18H19ClN2O3. The molecule has 1 aromatic carbocycles. The number of pyridine rings is 1. The van der Waals surface area contributed by atoms with E-state index in [9.17, 15) is 4.79 Å². The largest absolute Gasteiger partial charge is 0.489 e. The molecular weight excluding hydrogens is 328 g/mol. The van der Waals surface area contributed by atoms with E-state index in [1.165, 1.54) is 0 Å². The zero-order valence-corrected chi connectivity index (χ0v) is 14.2. The number of carbonyl (C=O) groups is 1. The third kappa shape index (κ3) is 3.97. The Morgan fingerprint density at radius 3 is 2.83 bits per heavy atom. The first-order chi connectivity index (χ1) is 11.6. The van der Waals surface area contributed by atoms with Crippen molar-refractivity contribution in [2.75, 3.05) is 13.2 Å². The third-order valence-corrected chi connectivity index (χ3v) is 4.09. The summed E-state index contributed by atoms with van der Waals surface area (Å²) in [5.74, 6) is 1.08. The molecule has 1 N–H and O–H groups in total. The molecule has 1 amide bonds. The molecule has 0 aliphatic carbocycles. The first-order valence-electron chi connectivity index (χ1n) is 7.91. The quantitative estimate of drug-likeness (QED) is 0.922. The van der Waals surface area contributed by atoms with Crippen LogP contribution in [0, 0.1) is 0 Å². The van der Waals surface area contributed by atoms with E-state index < -0.39 is 0 Å². The standard InChI is InChI=1S/C18H19ClN2O3/c1-12(14-3-5-20-6-4-14)21-17(22)11-13-9-15(19)18-16(10-13)23-7-2-8-24-18/h3-6,9-10,12H,2,7-8,11H2,1H3,(H,21,22). The SMILES string of the molecule is CC(NC(=O)Cc1cc(Cl)c2c(c1)OCCCO2)c1ccncc1. The number of hydrogen-bond donors (Lipinski definition) is 1. The van der Waals surface area contributed by atoms with Crippen LogP contribution in [0.4, 0.5) is 0 Å². The second-order valence-electron chi connectivity index (χ2n) is 5.70. The molecule has 3 rings (SSSR count). The van der Waals surface area contributed by atoms with Crippen molar-refractivity contribution in [3.05, 3.63) is 52.8 Å². The zero-order valence-electron chi connectivity index (χ0n) is 13.4. The number of hydrogen-bond acceptors (Lipinski definition) is 4. The number of rotatable bonds is 4. The van der Waals surface area contributed by atoms with Gasteiger partial charge in [0, 0.05) is 18.8 Å². The summed E-state index contributed by atoms with van der Waals surface area (Å²) < 4.78 is 11.3. The Morgan fingerprint density at radius 2 is 2.04 bits per heavy atom. The first-order valence-corrected chi connectivity index (χ1v) is 8.28. The van der Waals surface area contributed by atoms with Crippen LogP contribution in [0.5, 0.6) is 11.5 Å². The van der Waals surface area contributed by atoms with Crippen LogP contribution in [0.3, 0.4) is 0 Å². The Bertz CT molecular complexity index is 722. The summed E-state index contributed by atoms with van der Waals surface area (Å²) in [6.07, 6.45) is 4.46. The second kappa shape index (κ2) is 7.53. The maximum absolute atomic E-state index is 12.3. The molecule has 1 aromatic heterocycles. The van der Waals surface area contributed by atoms with Crippen molar-refractivity contribution in [3.63, 3.8) is 0 Å². The number of nitrogens with zero attached hydrogens (tertiary/aromatic N) is 1. The van der Waals surface area contributed by atoms with E-state index in [1.54, 1.807) is 18.5 Å². The molecule has 2 heterocycles. The summed E-state index contributed by atoms with van der Waals surface area (Å²) in [5.41, 5.74) is 1.80. The summed E-state index contributed by atoms with van der Waals surface area (Å²) in [6.45, 7) is 3.10. The van der Waals surface area contributed by atoms with Crippen LogP contribution in [0.15, 0.2) is 36.7 Å². The molecule has 5 nitrogen and oxygen atoms in total. The Balaban J connectivity index is 1.68. The van der Waals surface area contributed by atoms with Crippen molar-refractivity contribution >= 4 is 17.5 Å². The van der Waals surface area contributed by atoms with Gasteiger partial charge in [0.05, 0.1) is 30.7 Å². The Morgan fingerprint density at radius 1 is 1.29 bits per heavy atom. The van der Waals surface area contributed by atoms with Crippen LogP contribution in [0.1, 0.15) is 30.5 Å². The highest BCUT2D eigenvalue weighted by atomic mass is 35.5. The minimum absolute atomic E-state index is 0.0788. The molecule has 126 valence electrons. The predicted octanol–water partition coefficient (Wildman–Crippen LogP) is 3.32. The number of benzene rings is 1. The van der Waals surface area contributed by atoms with Crippen molar-refractivity contribution in [1.82, 2.24) is 10.3 Å². The van der Waals surface area contributed by atoms with Gasteiger partial charge in [-0.15, -0.1) is 0 Å². The fourth-order valence-electron chi connectivity index (χ4n) is 2.60. The summed E-state index contributed by atoms with van der Waals surface area (Å²) >= 11 is 6.26. The molecule has 2 aromatic rings. The van der Waals surface area contributed by atoms with Gasteiger partial charge in [0.15, 0.2) is 11.5 Å². The second-order valence-corrected chi connectivity index (χ2v) is 6.11. The van der Waals surface area contributed by atoms with Crippen LogP contribution >= 0.6 is 11.6 Å². The van der Waals surface area contributed by atoms with E-state index in [2.05, 4.69) is 10.3 Å². The number of fused-ring (bicyclic) bond motifs is 1. The maximum atomic E-state index is 12.3. The molecule has 24 heavy (non-hydrogen) atoms. The van der Waals surface area contributed by atoms with Gasteiger partial charge in [-0.3, -0.25) is 9.78 Å². The van der Waals surface area contributed by atoms with Gasteiger partial charge in [0.1, 0.15) is 0 Å². The number of ether oxygens (including phenoxy) is 2. The van der Waals surface area contributed by atoms with E-state index in [1.807, 2.05) is 25.1 Å². The highest BCUT2D eigenvalue weighted by molar-refractivity contribution is 6.32. The van der Waals surface area contributed by atoms with Crippen molar-refractivity contribution < 1.29 is 14.3 Å². The summed E-state index contributed by atoms with van der Waals surface area (Å²) in [6, 6.07) is 7.26. The van der Waals surface area contributed by atoms with Gasteiger partial charge in [-0.2, -0.15) is 0 Å². The lowest BCUT2D eigenvalue weighted by atomic mass is 10.1. The van der Waals surface area contributed by atoms with Gasteiger partial charge < -0.3 is 14.8 Å². The van der Waals surface area contributed by atoms with Crippen LogP contribution in [0.2, 0.25) is 5.02 Å². The number of aromatic nitrogens is 1. The molecule has 0 saturated heterocycles. The van der Waals surface area contributed by atoms with Gasteiger partial charge in [0.2, 0.25) is 5.91 Å². The highest BCUT2D eigenvalue weighted by Crippen LogP contribution is 2.38. The number of carbonyl (C=O) groups excluding carboxylic acids is 1. The molecule has 1 aliphatic heterocycles. The van der Waals surface area contributed by atoms with Crippen molar-refractivity contribution in [1.29, 1.82) is 0 Å². The molecule has 0 radical (unpaired) electrons. The first kappa shape index (κ1) is 16.6. The van der Waals surface area contributed by atoms with E-state index in [4.69, 9.17) is 21.1 Å². The average Bonchev–Trinajstić information content (AvgIpc) is 2.81. The summed E-state index contributed by atoms with van der Waals surface area (Å²) in [7, 11) is 0. The van der Waals surface area contributed by atoms with Crippen molar-refractivity contribution in [2.45, 2.75) is 25.8 Å². The van der Waals surface area contributed by atoms with Gasteiger partial charge >= 0.3 is 0 Å². The molecule has 1 aliphatic rings. The number of amides is 1. The molecule has 0 fully saturated rings. The Kier molecular flexibility index (Phi) is 5.20.